The lowest BCUT2D eigenvalue weighted by atomic mass is 10.0. The first kappa shape index (κ1) is 19.9. The Hall–Kier alpha value is -4.39. The molecule has 0 unspecified atom stereocenters. The number of benzene rings is 3. The van der Waals surface area contributed by atoms with Crippen molar-refractivity contribution < 1.29 is 14.6 Å². The van der Waals surface area contributed by atoms with Gasteiger partial charge in [-0.3, -0.25) is 9.89 Å². The number of carbonyl (C=O) groups excluding carboxylic acids is 1. The number of nitrogens with zero attached hydrogens (tertiary/aromatic N) is 2. The Balaban J connectivity index is 1.42. The second-order valence-corrected chi connectivity index (χ2v) is 6.74. The van der Waals surface area contributed by atoms with Crippen molar-refractivity contribution in [3.05, 3.63) is 90.1 Å². The Morgan fingerprint density at radius 2 is 1.71 bits per heavy atom. The first-order valence-corrected chi connectivity index (χ1v) is 9.56. The number of carbonyl (C=O) groups is 1. The first-order valence-electron chi connectivity index (χ1n) is 9.56. The summed E-state index contributed by atoms with van der Waals surface area (Å²) >= 11 is 0. The van der Waals surface area contributed by atoms with Crippen molar-refractivity contribution in [1.29, 1.82) is 0 Å². The molecule has 3 aromatic carbocycles. The van der Waals surface area contributed by atoms with Gasteiger partial charge >= 0.3 is 0 Å². The van der Waals surface area contributed by atoms with E-state index in [0.29, 0.717) is 22.7 Å². The molecule has 7 nitrogen and oxygen atoms in total. The van der Waals surface area contributed by atoms with Gasteiger partial charge < -0.3 is 9.84 Å². The number of ether oxygens (including phenoxy) is 1. The molecule has 0 fully saturated rings. The maximum atomic E-state index is 12.3. The summed E-state index contributed by atoms with van der Waals surface area (Å²) in [5, 5.41) is 20.5. The van der Waals surface area contributed by atoms with Gasteiger partial charge in [-0.15, -0.1) is 0 Å². The van der Waals surface area contributed by atoms with E-state index in [9.17, 15) is 9.90 Å². The van der Waals surface area contributed by atoms with Gasteiger partial charge in [0.15, 0.2) is 11.5 Å². The Kier molecular flexibility index (Phi) is 5.75. The molecule has 0 saturated heterocycles. The zero-order chi connectivity index (χ0) is 21.6. The van der Waals surface area contributed by atoms with Crippen molar-refractivity contribution in [1.82, 2.24) is 15.6 Å². The van der Waals surface area contributed by atoms with E-state index in [1.165, 1.54) is 19.4 Å². The number of hydrogen-bond acceptors (Lipinski definition) is 5. The van der Waals surface area contributed by atoms with Crippen LogP contribution in [-0.4, -0.2) is 34.5 Å². The molecule has 0 atom stereocenters. The van der Waals surface area contributed by atoms with E-state index >= 15 is 0 Å². The molecule has 0 saturated carbocycles. The summed E-state index contributed by atoms with van der Waals surface area (Å²) in [5.41, 5.74) is 7.22. The third-order valence-electron chi connectivity index (χ3n) is 4.69. The lowest BCUT2D eigenvalue weighted by Gasteiger charge is -2.03. The fraction of sp³-hybridized carbons (Fsp3) is 0.0417. The van der Waals surface area contributed by atoms with E-state index in [1.807, 2.05) is 42.5 Å². The van der Waals surface area contributed by atoms with Crippen LogP contribution in [0.3, 0.4) is 0 Å². The van der Waals surface area contributed by atoms with Gasteiger partial charge in [-0.1, -0.05) is 54.6 Å². The number of aromatic amines is 1. The minimum Gasteiger partial charge on any atom is -0.504 e. The average molecular weight is 412 g/mol. The molecule has 0 aliphatic heterocycles. The number of phenolic OH excluding ortho intramolecular Hbond substituents is 1. The van der Waals surface area contributed by atoms with Crippen LogP contribution in [0.25, 0.3) is 22.4 Å². The minimum absolute atomic E-state index is 0.0328. The summed E-state index contributed by atoms with van der Waals surface area (Å²) in [6, 6.07) is 24.5. The van der Waals surface area contributed by atoms with Crippen LogP contribution < -0.4 is 10.2 Å². The van der Waals surface area contributed by atoms with Crippen molar-refractivity contribution in [2.24, 2.45) is 5.10 Å². The molecule has 154 valence electrons. The minimum atomic E-state index is -0.415. The molecule has 0 spiro atoms. The Labute approximate surface area is 179 Å². The van der Waals surface area contributed by atoms with Crippen LogP contribution in [0.5, 0.6) is 11.5 Å². The highest BCUT2D eigenvalue weighted by molar-refractivity contribution is 5.94. The number of hydrogen-bond donors (Lipinski definition) is 3. The SMILES string of the molecule is COc1cc(/C=N\NC(=O)c2cc(-c3ccc(-c4ccccc4)cc3)n[nH]2)ccc1O. The van der Waals surface area contributed by atoms with Crippen LogP contribution >= 0.6 is 0 Å². The van der Waals surface area contributed by atoms with E-state index in [2.05, 4.69) is 32.9 Å². The maximum absolute atomic E-state index is 12.3. The number of amides is 1. The molecule has 0 aliphatic carbocycles. The molecular formula is C24H20N4O3. The largest absolute Gasteiger partial charge is 0.504 e. The number of H-pyrrole nitrogens is 1. The zero-order valence-corrected chi connectivity index (χ0v) is 16.7. The molecule has 1 heterocycles. The van der Waals surface area contributed by atoms with Crippen molar-refractivity contribution in [2.75, 3.05) is 7.11 Å². The number of aromatic nitrogens is 2. The third kappa shape index (κ3) is 4.62. The monoisotopic (exact) mass is 412 g/mol. The average Bonchev–Trinajstić information content (AvgIpc) is 3.31. The first-order chi connectivity index (χ1) is 15.1. The Morgan fingerprint density at radius 1 is 1.00 bits per heavy atom. The summed E-state index contributed by atoms with van der Waals surface area (Å²) in [6.07, 6.45) is 1.46. The van der Waals surface area contributed by atoms with Crippen LogP contribution in [0.2, 0.25) is 0 Å². The summed E-state index contributed by atoms with van der Waals surface area (Å²) < 4.78 is 5.05. The topological polar surface area (TPSA) is 99.6 Å². The number of hydrazone groups is 1. The highest BCUT2D eigenvalue weighted by Gasteiger charge is 2.11. The number of nitrogens with one attached hydrogen (secondary N) is 2. The molecule has 0 radical (unpaired) electrons. The number of methoxy groups -OCH3 is 1. The summed E-state index contributed by atoms with van der Waals surface area (Å²) in [7, 11) is 1.46. The predicted molar refractivity (Wildman–Crippen MR) is 119 cm³/mol. The van der Waals surface area contributed by atoms with Gasteiger partial charge in [-0.2, -0.15) is 10.2 Å². The fourth-order valence-electron chi connectivity index (χ4n) is 3.05. The molecule has 0 bridgehead atoms. The molecule has 4 aromatic rings. The van der Waals surface area contributed by atoms with Crippen LogP contribution in [0.4, 0.5) is 0 Å². The lowest BCUT2D eigenvalue weighted by molar-refractivity contribution is 0.0950. The van der Waals surface area contributed by atoms with E-state index in [4.69, 9.17) is 4.74 Å². The smallest absolute Gasteiger partial charge is 0.289 e. The third-order valence-corrected chi connectivity index (χ3v) is 4.69. The molecule has 31 heavy (non-hydrogen) atoms. The van der Waals surface area contributed by atoms with Gasteiger partial charge in [0.25, 0.3) is 5.91 Å². The molecule has 4 rings (SSSR count). The standard InChI is InChI=1S/C24H20N4O3/c1-31-23-13-16(7-12-22(23)29)15-25-28-24(30)21-14-20(26-27-21)19-10-8-18(9-11-19)17-5-3-2-4-6-17/h2-15,29H,1H3,(H,26,27)(H,28,30)/b25-15-. The normalized spacial score (nSPS) is 10.9. The van der Waals surface area contributed by atoms with Gasteiger partial charge in [-0.25, -0.2) is 5.43 Å². The van der Waals surface area contributed by atoms with Gasteiger partial charge in [0.05, 0.1) is 19.0 Å². The van der Waals surface area contributed by atoms with Crippen LogP contribution in [0.1, 0.15) is 16.1 Å². The summed E-state index contributed by atoms with van der Waals surface area (Å²) in [4.78, 5) is 12.3. The van der Waals surface area contributed by atoms with Crippen LogP contribution in [0, 0.1) is 0 Å². The molecule has 1 aromatic heterocycles. The quantitative estimate of drug-likeness (QED) is 0.326. The van der Waals surface area contributed by atoms with Gasteiger partial charge in [0, 0.05) is 5.56 Å². The fourth-order valence-corrected chi connectivity index (χ4v) is 3.05. The highest BCUT2D eigenvalue weighted by Crippen LogP contribution is 2.26. The van der Waals surface area contributed by atoms with Gasteiger partial charge in [0.2, 0.25) is 0 Å². The van der Waals surface area contributed by atoms with Gasteiger partial charge in [-0.05, 0) is 41.0 Å². The molecular weight excluding hydrogens is 392 g/mol. The maximum Gasteiger partial charge on any atom is 0.289 e. The second kappa shape index (κ2) is 8.96. The molecule has 0 aliphatic rings. The van der Waals surface area contributed by atoms with Crippen molar-refractivity contribution in [3.8, 4) is 33.9 Å². The highest BCUT2D eigenvalue weighted by atomic mass is 16.5. The zero-order valence-electron chi connectivity index (χ0n) is 16.7. The van der Waals surface area contributed by atoms with E-state index in [0.717, 1.165) is 16.7 Å². The van der Waals surface area contributed by atoms with Crippen LogP contribution in [0.15, 0.2) is 84.0 Å². The van der Waals surface area contributed by atoms with E-state index < -0.39 is 5.91 Å². The summed E-state index contributed by atoms with van der Waals surface area (Å²) in [5.74, 6) is -0.0566. The van der Waals surface area contributed by atoms with Gasteiger partial charge in [0.1, 0.15) is 5.69 Å². The molecule has 1 amide bonds. The summed E-state index contributed by atoms with van der Waals surface area (Å²) in [6.45, 7) is 0. The molecule has 7 heteroatoms. The van der Waals surface area contributed by atoms with Crippen LogP contribution in [-0.2, 0) is 0 Å². The van der Waals surface area contributed by atoms with Crippen molar-refractivity contribution >= 4 is 12.1 Å². The van der Waals surface area contributed by atoms with E-state index in [1.54, 1.807) is 18.2 Å². The second-order valence-electron chi connectivity index (χ2n) is 6.74. The number of aromatic hydroxyl groups is 1. The predicted octanol–water partition coefficient (Wildman–Crippen LogP) is 4.22. The Morgan fingerprint density at radius 3 is 2.45 bits per heavy atom. The Bertz CT molecular complexity index is 1220. The molecule has 3 N–H and O–H groups in total. The number of rotatable bonds is 6. The van der Waals surface area contributed by atoms with Crippen molar-refractivity contribution in [3.63, 3.8) is 0 Å². The van der Waals surface area contributed by atoms with Crippen molar-refractivity contribution in [2.45, 2.75) is 0 Å². The lowest BCUT2D eigenvalue weighted by Crippen LogP contribution is -2.18. The van der Waals surface area contributed by atoms with E-state index in [-0.39, 0.29) is 5.75 Å². The number of phenols is 1.